The molecule has 0 heterocycles. The zero-order valence-corrected chi connectivity index (χ0v) is 9.23. The first-order valence-electron chi connectivity index (χ1n) is 3.91. The molecule has 1 nitrogen and oxygen atoms in total. The van der Waals surface area contributed by atoms with Crippen LogP contribution in [0.3, 0.4) is 0 Å². The van der Waals surface area contributed by atoms with Gasteiger partial charge in [0.2, 0.25) is 0 Å². The number of aliphatic hydroxyl groups excluding tert-OH is 1. The average molecular weight is 249 g/mol. The summed E-state index contributed by atoms with van der Waals surface area (Å²) in [7, 11) is 0. The summed E-state index contributed by atoms with van der Waals surface area (Å²) in [5, 5.41) is 8.45. The van der Waals surface area contributed by atoms with Crippen molar-refractivity contribution in [3.63, 3.8) is 0 Å². The van der Waals surface area contributed by atoms with Crippen molar-refractivity contribution in [3.05, 3.63) is 65.4 Å². The van der Waals surface area contributed by atoms with E-state index in [4.69, 9.17) is 16.7 Å². The summed E-state index contributed by atoms with van der Waals surface area (Å²) in [4.78, 5) is 0. The Labute approximate surface area is 99.2 Å². The smallest absolute Gasteiger partial charge is 0.191 e. The number of hydrogen-bond acceptors (Lipinski definition) is 1. The average Bonchev–Trinajstić information content (AvgIpc) is 2.82. The third-order valence-corrected chi connectivity index (χ3v) is 1.67. The summed E-state index contributed by atoms with van der Waals surface area (Å²) in [5.74, 6) is 0. The molecule has 0 spiro atoms. The number of rotatable bonds is 0. The van der Waals surface area contributed by atoms with E-state index in [0.717, 1.165) is 0 Å². The molecule has 0 atom stereocenters. The van der Waals surface area contributed by atoms with Gasteiger partial charge in [0, 0.05) is 22.6 Å². The zero-order chi connectivity index (χ0) is 9.52. The summed E-state index contributed by atoms with van der Waals surface area (Å²) >= 11 is 5.22. The van der Waals surface area contributed by atoms with E-state index in [2.05, 4.69) is 0 Å². The van der Waals surface area contributed by atoms with Gasteiger partial charge in [-0.3, -0.25) is 0 Å². The van der Waals surface area contributed by atoms with Crippen molar-refractivity contribution >= 4 is 11.6 Å². The predicted molar refractivity (Wildman–Crippen MR) is 55.8 cm³/mol. The Morgan fingerprint density at radius 3 is 1.86 bits per heavy atom. The SMILES string of the molecule is OC(Cl)=C1C=CC=C1.[Fe].c1cc[cH-]c1. The van der Waals surface area contributed by atoms with E-state index in [1.807, 2.05) is 42.5 Å². The second-order valence-corrected chi connectivity index (χ2v) is 2.78. The van der Waals surface area contributed by atoms with Gasteiger partial charge < -0.3 is 5.11 Å². The number of hydrogen-bond donors (Lipinski definition) is 1. The molecule has 76 valence electrons. The largest absolute Gasteiger partial charge is 0.498 e. The minimum absolute atomic E-state index is 0. The van der Waals surface area contributed by atoms with E-state index in [0.29, 0.717) is 5.57 Å². The third-order valence-electron chi connectivity index (χ3n) is 1.46. The Morgan fingerprint density at radius 2 is 1.64 bits per heavy atom. The fraction of sp³-hybridized carbons (Fsp3) is 0. The van der Waals surface area contributed by atoms with Gasteiger partial charge in [0.05, 0.1) is 0 Å². The van der Waals surface area contributed by atoms with Crippen LogP contribution < -0.4 is 0 Å². The van der Waals surface area contributed by atoms with Gasteiger partial charge in [-0.25, -0.2) is 12.1 Å². The van der Waals surface area contributed by atoms with Crippen LogP contribution in [-0.2, 0) is 17.1 Å². The van der Waals surface area contributed by atoms with E-state index in [9.17, 15) is 0 Å². The van der Waals surface area contributed by atoms with E-state index in [-0.39, 0.29) is 22.3 Å². The van der Waals surface area contributed by atoms with E-state index in [1.54, 1.807) is 12.2 Å². The topological polar surface area (TPSA) is 20.2 Å². The van der Waals surface area contributed by atoms with Crippen LogP contribution in [0.1, 0.15) is 0 Å². The molecule has 0 bridgehead atoms. The maximum Gasteiger partial charge on any atom is 0.191 e. The summed E-state index contributed by atoms with van der Waals surface area (Å²) in [5.41, 5.74) is 0.673. The molecule has 0 aliphatic heterocycles. The van der Waals surface area contributed by atoms with Crippen LogP contribution in [0.15, 0.2) is 65.4 Å². The molecule has 0 amide bonds. The van der Waals surface area contributed by atoms with Crippen molar-refractivity contribution in [1.29, 1.82) is 0 Å². The van der Waals surface area contributed by atoms with Crippen LogP contribution >= 0.6 is 11.6 Å². The van der Waals surface area contributed by atoms with Crippen LogP contribution in [0.25, 0.3) is 0 Å². The number of halogens is 1. The van der Waals surface area contributed by atoms with E-state index >= 15 is 0 Å². The molecule has 3 heteroatoms. The Balaban J connectivity index is 0.000000246. The second-order valence-electron chi connectivity index (χ2n) is 2.43. The maximum absolute atomic E-state index is 8.59. The molecule has 14 heavy (non-hydrogen) atoms. The van der Waals surface area contributed by atoms with Crippen LogP contribution in [0, 0.1) is 0 Å². The predicted octanol–water partition coefficient (Wildman–Crippen LogP) is 3.52. The molecule has 1 aliphatic carbocycles. The Kier molecular flexibility index (Phi) is 7.13. The molecule has 0 saturated carbocycles. The van der Waals surface area contributed by atoms with Gasteiger partial charge >= 0.3 is 0 Å². The van der Waals surface area contributed by atoms with Gasteiger partial charge in [-0.1, -0.05) is 24.3 Å². The Hall–Kier alpha value is -0.821. The van der Waals surface area contributed by atoms with Crippen molar-refractivity contribution in [2.75, 3.05) is 0 Å². The van der Waals surface area contributed by atoms with E-state index in [1.165, 1.54) is 0 Å². The van der Waals surface area contributed by atoms with Crippen molar-refractivity contribution < 1.29 is 22.2 Å². The van der Waals surface area contributed by atoms with Crippen LogP contribution in [0.5, 0.6) is 0 Å². The Morgan fingerprint density at radius 1 is 1.14 bits per heavy atom. The van der Waals surface area contributed by atoms with Gasteiger partial charge in [-0.05, 0) is 11.6 Å². The van der Waals surface area contributed by atoms with Crippen LogP contribution in [0.2, 0.25) is 0 Å². The van der Waals surface area contributed by atoms with Crippen LogP contribution in [0.4, 0.5) is 0 Å². The molecule has 0 saturated heterocycles. The summed E-state index contributed by atoms with van der Waals surface area (Å²) in [6.45, 7) is 0. The molecule has 1 aliphatic rings. The van der Waals surface area contributed by atoms with Gasteiger partial charge in [-0.2, -0.15) is 18.2 Å². The van der Waals surface area contributed by atoms with Crippen molar-refractivity contribution in [2.24, 2.45) is 0 Å². The first-order chi connectivity index (χ1) is 6.30. The summed E-state index contributed by atoms with van der Waals surface area (Å²) < 4.78 is 0. The normalized spacial score (nSPS) is 11.6. The molecule has 2 rings (SSSR count). The third kappa shape index (κ3) is 5.03. The number of aliphatic hydroxyl groups is 1. The Bertz CT molecular complexity index is 288. The zero-order valence-electron chi connectivity index (χ0n) is 7.37. The van der Waals surface area contributed by atoms with Crippen molar-refractivity contribution in [2.45, 2.75) is 0 Å². The molecular weight excluding hydrogens is 239 g/mol. The van der Waals surface area contributed by atoms with Gasteiger partial charge in [0.1, 0.15) is 0 Å². The standard InChI is InChI=1S/C6H5ClO.C5H5.Fe/c7-6(8)5-3-1-2-4-5;1-2-4-5-3-1;/h1-4,8H;1-5H;/q;-1;. The molecular formula is C11H10ClFeO-. The van der Waals surface area contributed by atoms with Crippen molar-refractivity contribution in [3.8, 4) is 0 Å². The molecule has 1 aromatic rings. The molecule has 1 N–H and O–H groups in total. The fourth-order valence-electron chi connectivity index (χ4n) is 0.832. The summed E-state index contributed by atoms with van der Waals surface area (Å²) in [6, 6.07) is 10.0. The van der Waals surface area contributed by atoms with Gasteiger partial charge in [-0.15, -0.1) is 0 Å². The van der Waals surface area contributed by atoms with Gasteiger partial charge in [0.25, 0.3) is 0 Å². The maximum atomic E-state index is 8.59. The first-order valence-corrected chi connectivity index (χ1v) is 4.28. The monoisotopic (exact) mass is 249 g/mol. The quantitative estimate of drug-likeness (QED) is 0.424. The minimum atomic E-state index is -0.144. The molecule has 0 radical (unpaired) electrons. The van der Waals surface area contributed by atoms with E-state index < -0.39 is 0 Å². The van der Waals surface area contributed by atoms with Gasteiger partial charge in [0.15, 0.2) is 5.22 Å². The minimum Gasteiger partial charge on any atom is -0.498 e. The van der Waals surface area contributed by atoms with Crippen molar-refractivity contribution in [1.82, 2.24) is 0 Å². The first kappa shape index (κ1) is 13.2. The summed E-state index contributed by atoms with van der Waals surface area (Å²) in [6.07, 6.45) is 7.10. The number of allylic oxidation sites excluding steroid dienone is 5. The molecule has 0 unspecified atom stereocenters. The molecule has 0 aromatic heterocycles. The van der Waals surface area contributed by atoms with Crippen LogP contribution in [-0.4, -0.2) is 5.11 Å². The molecule has 1 aromatic carbocycles. The second kappa shape index (κ2) is 7.57. The fourth-order valence-corrected chi connectivity index (χ4v) is 0.958. The molecule has 0 fully saturated rings.